The minimum Gasteiger partial charge on any atom is -0.300 e. The lowest BCUT2D eigenvalue weighted by molar-refractivity contribution is -0.121. The number of carbonyl (C=O) groups is 1. The summed E-state index contributed by atoms with van der Waals surface area (Å²) in [5.41, 5.74) is 8.16. The molecule has 1 aliphatic rings. The SMILES string of the molecule is CC(=O)[C@@H]1[C@@H](C)C(C)=C(C)[C@H]1c1c(C)ccc(C)c1C. The normalized spacial score (nSPS) is 26.2. The van der Waals surface area contributed by atoms with E-state index in [9.17, 15) is 4.79 Å². The van der Waals surface area contributed by atoms with Gasteiger partial charge in [-0.25, -0.2) is 0 Å². The lowest BCUT2D eigenvalue weighted by Gasteiger charge is -2.27. The molecule has 0 amide bonds. The van der Waals surface area contributed by atoms with Crippen LogP contribution in [0.3, 0.4) is 0 Å². The minimum absolute atomic E-state index is 0.106. The van der Waals surface area contributed by atoms with Crippen molar-refractivity contribution in [3.8, 4) is 0 Å². The maximum atomic E-state index is 12.2. The van der Waals surface area contributed by atoms with Crippen LogP contribution < -0.4 is 0 Å². The average molecular weight is 270 g/mol. The summed E-state index contributed by atoms with van der Waals surface area (Å²) in [5.74, 6) is 1.05. The van der Waals surface area contributed by atoms with Gasteiger partial charge < -0.3 is 0 Å². The van der Waals surface area contributed by atoms with E-state index in [2.05, 4.69) is 53.7 Å². The third-order valence-electron chi connectivity index (χ3n) is 5.45. The maximum Gasteiger partial charge on any atom is 0.134 e. The van der Waals surface area contributed by atoms with E-state index in [1.54, 1.807) is 6.92 Å². The quantitative estimate of drug-likeness (QED) is 0.699. The maximum absolute atomic E-state index is 12.2. The Balaban J connectivity index is 2.67. The fourth-order valence-electron chi connectivity index (χ4n) is 3.87. The van der Waals surface area contributed by atoms with Gasteiger partial charge >= 0.3 is 0 Å². The summed E-state index contributed by atoms with van der Waals surface area (Å²) in [7, 11) is 0. The highest BCUT2D eigenvalue weighted by Gasteiger charge is 2.41. The molecule has 0 spiro atoms. The molecule has 0 unspecified atom stereocenters. The van der Waals surface area contributed by atoms with Crippen LogP contribution in [-0.4, -0.2) is 5.78 Å². The first-order chi connectivity index (χ1) is 9.27. The molecule has 1 nitrogen and oxygen atoms in total. The monoisotopic (exact) mass is 270 g/mol. The summed E-state index contributed by atoms with van der Waals surface area (Å²) >= 11 is 0. The highest BCUT2D eigenvalue weighted by atomic mass is 16.1. The number of hydrogen-bond donors (Lipinski definition) is 0. The fraction of sp³-hybridized carbons (Fsp3) is 0.526. The summed E-state index contributed by atoms with van der Waals surface area (Å²) in [6, 6.07) is 4.38. The van der Waals surface area contributed by atoms with Crippen LogP contribution in [0.25, 0.3) is 0 Å². The third kappa shape index (κ3) is 2.13. The Bertz CT molecular complexity index is 592. The van der Waals surface area contributed by atoms with Crippen molar-refractivity contribution in [1.82, 2.24) is 0 Å². The molecule has 0 aromatic heterocycles. The standard InChI is InChI=1S/C19H26O/c1-10-8-9-11(2)17(12(10)3)19-15(6)13(4)14(5)18(19)16(7)20/h8-9,14,18-19H,1-7H3/t14-,18-,19-/m0/s1. The molecule has 1 aromatic rings. The van der Waals surface area contributed by atoms with E-state index in [0.717, 1.165) is 0 Å². The molecule has 1 aromatic carbocycles. The van der Waals surface area contributed by atoms with E-state index in [0.29, 0.717) is 11.7 Å². The Hall–Kier alpha value is -1.37. The number of rotatable bonds is 2. The van der Waals surface area contributed by atoms with E-state index in [4.69, 9.17) is 0 Å². The number of carbonyl (C=O) groups excluding carboxylic acids is 1. The predicted octanol–water partition coefficient (Wildman–Crippen LogP) is 4.89. The van der Waals surface area contributed by atoms with Crippen LogP contribution in [0.1, 0.15) is 55.9 Å². The van der Waals surface area contributed by atoms with Crippen molar-refractivity contribution < 1.29 is 4.79 Å². The smallest absolute Gasteiger partial charge is 0.134 e. The Morgan fingerprint density at radius 2 is 1.50 bits per heavy atom. The first kappa shape index (κ1) is 15.0. The van der Waals surface area contributed by atoms with E-state index < -0.39 is 0 Å². The van der Waals surface area contributed by atoms with Gasteiger partial charge in [-0.15, -0.1) is 0 Å². The lowest BCUT2D eigenvalue weighted by atomic mass is 9.76. The predicted molar refractivity (Wildman–Crippen MR) is 85.1 cm³/mol. The third-order valence-corrected chi connectivity index (χ3v) is 5.45. The van der Waals surface area contributed by atoms with Crippen LogP contribution in [0.15, 0.2) is 23.3 Å². The number of Topliss-reactive ketones (excluding diaryl/α,β-unsaturated/α-hetero) is 1. The number of hydrogen-bond acceptors (Lipinski definition) is 1. The van der Waals surface area contributed by atoms with Gasteiger partial charge in [-0.1, -0.05) is 30.2 Å². The van der Waals surface area contributed by atoms with Crippen molar-refractivity contribution >= 4 is 5.78 Å². The van der Waals surface area contributed by atoms with Crippen LogP contribution in [0.4, 0.5) is 0 Å². The molecule has 0 fully saturated rings. The highest BCUT2D eigenvalue weighted by molar-refractivity contribution is 5.82. The summed E-state index contributed by atoms with van der Waals surface area (Å²) in [6.07, 6.45) is 0. The molecule has 0 saturated carbocycles. The molecule has 0 N–H and O–H groups in total. The van der Waals surface area contributed by atoms with Gasteiger partial charge in [0.05, 0.1) is 0 Å². The molecular formula is C19H26O. The van der Waals surface area contributed by atoms with Crippen LogP contribution >= 0.6 is 0 Å². The van der Waals surface area contributed by atoms with Gasteiger partial charge in [0, 0.05) is 11.8 Å². The zero-order valence-electron chi connectivity index (χ0n) is 13.8. The fourth-order valence-corrected chi connectivity index (χ4v) is 3.87. The van der Waals surface area contributed by atoms with Crippen LogP contribution in [-0.2, 0) is 4.79 Å². The molecule has 0 radical (unpaired) electrons. The Labute approximate surface area is 123 Å². The molecule has 2 rings (SSSR count). The minimum atomic E-state index is 0.106. The molecule has 0 heterocycles. The molecule has 3 atom stereocenters. The van der Waals surface area contributed by atoms with Crippen LogP contribution in [0.5, 0.6) is 0 Å². The lowest BCUT2D eigenvalue weighted by Crippen LogP contribution is -2.23. The summed E-state index contributed by atoms with van der Waals surface area (Å²) in [5, 5.41) is 0. The molecule has 0 aliphatic heterocycles. The number of benzene rings is 1. The second-order valence-electron chi connectivity index (χ2n) is 6.51. The van der Waals surface area contributed by atoms with E-state index >= 15 is 0 Å². The Morgan fingerprint density at radius 3 is 2.05 bits per heavy atom. The largest absolute Gasteiger partial charge is 0.300 e. The molecule has 0 saturated heterocycles. The number of allylic oxidation sites excluding steroid dienone is 2. The summed E-state index contributed by atoms with van der Waals surface area (Å²) in [6.45, 7) is 14.9. The topological polar surface area (TPSA) is 17.1 Å². The second-order valence-corrected chi connectivity index (χ2v) is 6.51. The van der Waals surface area contributed by atoms with Crippen molar-refractivity contribution in [2.24, 2.45) is 11.8 Å². The molecule has 1 heteroatoms. The molecule has 20 heavy (non-hydrogen) atoms. The average Bonchev–Trinajstić information content (AvgIpc) is 2.60. The first-order valence-electron chi connectivity index (χ1n) is 7.51. The van der Waals surface area contributed by atoms with E-state index in [-0.39, 0.29) is 11.8 Å². The van der Waals surface area contributed by atoms with Crippen molar-refractivity contribution in [2.75, 3.05) is 0 Å². The van der Waals surface area contributed by atoms with Crippen LogP contribution in [0, 0.1) is 32.6 Å². The van der Waals surface area contributed by atoms with Crippen molar-refractivity contribution in [1.29, 1.82) is 0 Å². The summed E-state index contributed by atoms with van der Waals surface area (Å²) < 4.78 is 0. The molecular weight excluding hydrogens is 244 g/mol. The van der Waals surface area contributed by atoms with Gasteiger partial charge in [-0.2, -0.15) is 0 Å². The van der Waals surface area contributed by atoms with Crippen molar-refractivity contribution in [2.45, 2.75) is 54.4 Å². The summed E-state index contributed by atoms with van der Waals surface area (Å²) in [4.78, 5) is 12.2. The Kier molecular flexibility index (Phi) is 3.90. The molecule has 0 bridgehead atoms. The zero-order valence-corrected chi connectivity index (χ0v) is 13.8. The van der Waals surface area contributed by atoms with Crippen LogP contribution in [0.2, 0.25) is 0 Å². The van der Waals surface area contributed by atoms with Gasteiger partial charge in [0.1, 0.15) is 5.78 Å². The van der Waals surface area contributed by atoms with Crippen molar-refractivity contribution in [3.05, 3.63) is 45.5 Å². The molecule has 108 valence electrons. The van der Waals surface area contributed by atoms with E-state index in [1.165, 1.54) is 33.4 Å². The number of ketones is 1. The first-order valence-corrected chi connectivity index (χ1v) is 7.51. The van der Waals surface area contributed by atoms with Gasteiger partial charge in [0.15, 0.2) is 0 Å². The van der Waals surface area contributed by atoms with Crippen molar-refractivity contribution in [3.63, 3.8) is 0 Å². The van der Waals surface area contributed by atoms with Gasteiger partial charge in [-0.05, 0) is 69.7 Å². The van der Waals surface area contributed by atoms with E-state index in [1.807, 2.05) is 0 Å². The highest BCUT2D eigenvalue weighted by Crippen LogP contribution is 2.49. The zero-order chi connectivity index (χ0) is 15.2. The second kappa shape index (κ2) is 5.20. The van der Waals surface area contributed by atoms with Gasteiger partial charge in [0.25, 0.3) is 0 Å². The van der Waals surface area contributed by atoms with Gasteiger partial charge in [-0.3, -0.25) is 4.79 Å². The number of aryl methyl sites for hydroxylation is 2. The molecule has 1 aliphatic carbocycles. The van der Waals surface area contributed by atoms with Gasteiger partial charge in [0.2, 0.25) is 0 Å². The Morgan fingerprint density at radius 1 is 0.950 bits per heavy atom.